The van der Waals surface area contributed by atoms with E-state index in [0.29, 0.717) is 0 Å². The second-order valence-electron chi connectivity index (χ2n) is 2.76. The molecule has 11 heavy (non-hydrogen) atoms. The van der Waals surface area contributed by atoms with Crippen molar-refractivity contribution in [2.75, 3.05) is 6.54 Å². The highest BCUT2D eigenvalue weighted by Crippen LogP contribution is 2.13. The molecule has 2 nitrogen and oxygen atoms in total. The highest BCUT2D eigenvalue weighted by Gasteiger charge is 2.08. The van der Waals surface area contributed by atoms with Crippen LogP contribution in [0.15, 0.2) is 27.8 Å². The van der Waals surface area contributed by atoms with E-state index in [1.807, 2.05) is 12.1 Å². The Labute approximate surface area is 65.9 Å². The fraction of sp³-hybridized carbons (Fsp3) is 0.444. The van der Waals surface area contributed by atoms with Crippen LogP contribution in [0.4, 0.5) is 0 Å². The summed E-state index contributed by atoms with van der Waals surface area (Å²) in [6, 6.07) is 3.89. The van der Waals surface area contributed by atoms with Gasteiger partial charge in [-0.1, -0.05) is 0 Å². The zero-order valence-corrected chi connectivity index (χ0v) is 6.42. The van der Waals surface area contributed by atoms with Crippen LogP contribution in [0, 0.1) is 0 Å². The monoisotopic (exact) mass is 149 g/mol. The Hall–Kier alpha value is -1.05. The van der Waals surface area contributed by atoms with Crippen molar-refractivity contribution >= 4 is 5.71 Å². The van der Waals surface area contributed by atoms with Crippen molar-refractivity contribution in [2.24, 2.45) is 4.99 Å². The molecule has 0 saturated carbocycles. The van der Waals surface area contributed by atoms with Crippen molar-refractivity contribution < 1.29 is 4.42 Å². The molecule has 1 aliphatic rings. The van der Waals surface area contributed by atoms with Crippen LogP contribution in [0.1, 0.15) is 25.0 Å². The highest BCUT2D eigenvalue weighted by atomic mass is 16.3. The summed E-state index contributed by atoms with van der Waals surface area (Å²) in [6.45, 7) is 0.968. The zero-order valence-electron chi connectivity index (χ0n) is 6.42. The maximum Gasteiger partial charge on any atom is 0.147 e. The van der Waals surface area contributed by atoms with E-state index in [-0.39, 0.29) is 0 Å². The molecule has 0 saturated heterocycles. The summed E-state index contributed by atoms with van der Waals surface area (Å²) in [5, 5.41) is 0. The van der Waals surface area contributed by atoms with E-state index < -0.39 is 0 Å². The third-order valence-corrected chi connectivity index (χ3v) is 1.93. The van der Waals surface area contributed by atoms with E-state index in [9.17, 15) is 0 Å². The molecule has 0 aliphatic carbocycles. The number of furan rings is 1. The van der Waals surface area contributed by atoms with E-state index in [4.69, 9.17) is 4.42 Å². The first-order chi connectivity index (χ1) is 5.47. The highest BCUT2D eigenvalue weighted by molar-refractivity contribution is 5.98. The first-order valence-electron chi connectivity index (χ1n) is 4.04. The molecule has 2 rings (SSSR count). The van der Waals surface area contributed by atoms with Gasteiger partial charge in [0.15, 0.2) is 0 Å². The normalized spacial score (nSPS) is 18.0. The Morgan fingerprint density at radius 2 is 2.36 bits per heavy atom. The number of hydrogen-bond acceptors (Lipinski definition) is 2. The molecule has 1 aromatic heterocycles. The minimum atomic E-state index is 0.949. The van der Waals surface area contributed by atoms with E-state index >= 15 is 0 Å². The van der Waals surface area contributed by atoms with Gasteiger partial charge in [0.1, 0.15) is 5.76 Å². The second kappa shape index (κ2) is 2.91. The number of nitrogens with zero attached hydrogens (tertiary/aromatic N) is 1. The van der Waals surface area contributed by atoms with Gasteiger partial charge in [-0.25, -0.2) is 0 Å². The standard InChI is InChI=1S/C9H11NO/c1-2-6-10-8(4-1)9-5-3-7-11-9/h3,5,7H,1-2,4,6H2. The van der Waals surface area contributed by atoms with Gasteiger partial charge in [0.25, 0.3) is 0 Å². The van der Waals surface area contributed by atoms with Gasteiger partial charge in [0.2, 0.25) is 0 Å². The smallest absolute Gasteiger partial charge is 0.147 e. The summed E-state index contributed by atoms with van der Waals surface area (Å²) in [5.74, 6) is 0.949. The minimum absolute atomic E-state index is 0.949. The third-order valence-electron chi connectivity index (χ3n) is 1.93. The Bertz CT molecular complexity index is 249. The summed E-state index contributed by atoms with van der Waals surface area (Å²) in [4.78, 5) is 4.39. The number of hydrogen-bond donors (Lipinski definition) is 0. The second-order valence-corrected chi connectivity index (χ2v) is 2.76. The predicted molar refractivity (Wildman–Crippen MR) is 44.0 cm³/mol. The minimum Gasteiger partial charge on any atom is -0.463 e. The maximum atomic E-state index is 5.24. The van der Waals surface area contributed by atoms with Gasteiger partial charge in [0.05, 0.1) is 12.0 Å². The van der Waals surface area contributed by atoms with E-state index in [2.05, 4.69) is 4.99 Å². The molecule has 1 aliphatic heterocycles. The third kappa shape index (κ3) is 1.34. The molecule has 0 atom stereocenters. The lowest BCUT2D eigenvalue weighted by atomic mass is 10.1. The molecule has 0 radical (unpaired) electrons. The molecule has 0 spiro atoms. The topological polar surface area (TPSA) is 25.5 Å². The van der Waals surface area contributed by atoms with Crippen LogP contribution < -0.4 is 0 Å². The van der Waals surface area contributed by atoms with Gasteiger partial charge in [-0.3, -0.25) is 4.99 Å². The van der Waals surface area contributed by atoms with Gasteiger partial charge in [0, 0.05) is 6.54 Å². The summed E-state index contributed by atoms with van der Waals surface area (Å²) in [5.41, 5.74) is 1.14. The Kier molecular flexibility index (Phi) is 1.76. The van der Waals surface area contributed by atoms with Crippen LogP contribution in [0.5, 0.6) is 0 Å². The molecule has 0 amide bonds. The molecule has 0 aromatic carbocycles. The molecule has 58 valence electrons. The molecule has 2 heteroatoms. The molecule has 0 fully saturated rings. The van der Waals surface area contributed by atoms with Crippen LogP contribution in [-0.2, 0) is 0 Å². The number of aliphatic imine (C=N–C) groups is 1. The lowest BCUT2D eigenvalue weighted by molar-refractivity contribution is 0.551. The molecule has 1 aromatic rings. The van der Waals surface area contributed by atoms with Crippen LogP contribution in [0.25, 0.3) is 0 Å². The quantitative estimate of drug-likeness (QED) is 0.601. The molecule has 0 N–H and O–H groups in total. The fourth-order valence-electron chi connectivity index (χ4n) is 1.34. The van der Waals surface area contributed by atoms with Gasteiger partial charge >= 0.3 is 0 Å². The first-order valence-corrected chi connectivity index (χ1v) is 4.04. The predicted octanol–water partition coefficient (Wildman–Crippen LogP) is 2.25. The van der Waals surface area contributed by atoms with Gasteiger partial charge < -0.3 is 4.42 Å². The van der Waals surface area contributed by atoms with Crippen molar-refractivity contribution in [3.8, 4) is 0 Å². The van der Waals surface area contributed by atoms with Crippen LogP contribution >= 0.6 is 0 Å². The van der Waals surface area contributed by atoms with Crippen molar-refractivity contribution in [1.82, 2.24) is 0 Å². The average Bonchev–Trinajstić information content (AvgIpc) is 2.58. The molecule has 2 heterocycles. The summed E-state index contributed by atoms with van der Waals surface area (Å²) >= 11 is 0. The van der Waals surface area contributed by atoms with E-state index in [1.165, 1.54) is 12.8 Å². The lowest BCUT2D eigenvalue weighted by Crippen LogP contribution is -2.06. The van der Waals surface area contributed by atoms with Crippen molar-refractivity contribution in [3.63, 3.8) is 0 Å². The number of rotatable bonds is 1. The Morgan fingerprint density at radius 1 is 1.36 bits per heavy atom. The van der Waals surface area contributed by atoms with Crippen molar-refractivity contribution in [2.45, 2.75) is 19.3 Å². The van der Waals surface area contributed by atoms with Crippen LogP contribution in [-0.4, -0.2) is 12.3 Å². The largest absolute Gasteiger partial charge is 0.463 e. The summed E-state index contributed by atoms with van der Waals surface area (Å²) < 4.78 is 5.24. The summed E-state index contributed by atoms with van der Waals surface area (Å²) in [7, 11) is 0. The fourth-order valence-corrected chi connectivity index (χ4v) is 1.34. The van der Waals surface area contributed by atoms with E-state index in [0.717, 1.165) is 24.4 Å². The van der Waals surface area contributed by atoms with Crippen molar-refractivity contribution in [1.29, 1.82) is 0 Å². The zero-order chi connectivity index (χ0) is 7.52. The summed E-state index contributed by atoms with van der Waals surface area (Å²) in [6.07, 6.45) is 5.25. The van der Waals surface area contributed by atoms with Gasteiger partial charge in [-0.05, 0) is 31.4 Å². The Balaban J connectivity index is 2.22. The van der Waals surface area contributed by atoms with Gasteiger partial charge in [-0.2, -0.15) is 0 Å². The Morgan fingerprint density at radius 3 is 3.00 bits per heavy atom. The van der Waals surface area contributed by atoms with Crippen LogP contribution in [0.3, 0.4) is 0 Å². The first kappa shape index (κ1) is 6.65. The molecular formula is C9H11NO. The molecule has 0 bridgehead atoms. The van der Waals surface area contributed by atoms with Crippen LogP contribution in [0.2, 0.25) is 0 Å². The SMILES string of the molecule is c1coc(C2=NCCCC2)c1. The molecular weight excluding hydrogens is 138 g/mol. The van der Waals surface area contributed by atoms with Crippen molar-refractivity contribution in [3.05, 3.63) is 24.2 Å². The lowest BCUT2D eigenvalue weighted by Gasteiger charge is -2.08. The average molecular weight is 149 g/mol. The molecule has 0 unspecified atom stereocenters. The maximum absolute atomic E-state index is 5.24. The van der Waals surface area contributed by atoms with E-state index in [1.54, 1.807) is 6.26 Å². The van der Waals surface area contributed by atoms with Gasteiger partial charge in [-0.15, -0.1) is 0 Å².